The first-order valence-electron chi connectivity index (χ1n) is 12.4. The minimum atomic E-state index is -0.341. The minimum absolute atomic E-state index is 0.0825. The Balaban J connectivity index is 1.36. The zero-order valence-electron chi connectivity index (χ0n) is 20.5. The van der Waals surface area contributed by atoms with E-state index in [4.69, 9.17) is 14.7 Å². The molecule has 35 heavy (non-hydrogen) atoms. The van der Waals surface area contributed by atoms with Crippen molar-refractivity contribution < 1.29 is 9.53 Å². The van der Waals surface area contributed by atoms with Crippen LogP contribution in [0.15, 0.2) is 24.4 Å². The standard InChI is InChI=1S/C25H32N8O2/c1-4-35-22-11-10-16(14-26-22)27-24(34)20-9-6-12-33(20)25-28-18-8-5-7-17(18)23(30-25)29-21-13-19(15(2)3)31-32-21/h10-11,13-15,20H,4-9,12H2,1-3H3,(H,27,34)(H2,28,29,30,31,32)/t20-/m0/s1. The fraction of sp³-hybridized carbons (Fsp3) is 0.480. The van der Waals surface area contributed by atoms with Gasteiger partial charge in [0.1, 0.15) is 11.9 Å². The molecule has 1 aliphatic carbocycles. The molecular weight excluding hydrogens is 444 g/mol. The van der Waals surface area contributed by atoms with Crippen LogP contribution in [0.4, 0.5) is 23.3 Å². The van der Waals surface area contributed by atoms with Gasteiger partial charge in [-0.25, -0.2) is 9.97 Å². The summed E-state index contributed by atoms with van der Waals surface area (Å²) >= 11 is 0. The summed E-state index contributed by atoms with van der Waals surface area (Å²) in [5.74, 6) is 2.93. The van der Waals surface area contributed by atoms with E-state index in [-0.39, 0.29) is 11.9 Å². The number of amides is 1. The monoisotopic (exact) mass is 476 g/mol. The largest absolute Gasteiger partial charge is 0.478 e. The topological polar surface area (TPSA) is 121 Å². The molecule has 0 unspecified atom stereocenters. The summed E-state index contributed by atoms with van der Waals surface area (Å²) in [7, 11) is 0. The normalized spacial score (nSPS) is 17.0. The van der Waals surface area contributed by atoms with E-state index in [2.05, 4.69) is 39.7 Å². The summed E-state index contributed by atoms with van der Waals surface area (Å²) in [5, 5.41) is 13.9. The van der Waals surface area contributed by atoms with Gasteiger partial charge in [-0.15, -0.1) is 0 Å². The zero-order valence-corrected chi connectivity index (χ0v) is 20.5. The highest BCUT2D eigenvalue weighted by molar-refractivity contribution is 5.97. The van der Waals surface area contributed by atoms with Crippen molar-refractivity contribution >= 4 is 29.2 Å². The molecule has 10 nitrogen and oxygen atoms in total. The van der Waals surface area contributed by atoms with E-state index < -0.39 is 0 Å². The van der Waals surface area contributed by atoms with Crippen LogP contribution in [0.25, 0.3) is 0 Å². The molecule has 1 fully saturated rings. The Morgan fingerprint density at radius 3 is 2.89 bits per heavy atom. The van der Waals surface area contributed by atoms with Crippen molar-refractivity contribution in [1.82, 2.24) is 25.1 Å². The maximum Gasteiger partial charge on any atom is 0.247 e. The number of anilines is 4. The van der Waals surface area contributed by atoms with Gasteiger partial charge in [-0.05, 0) is 51.0 Å². The lowest BCUT2D eigenvalue weighted by atomic mass is 10.1. The van der Waals surface area contributed by atoms with Crippen LogP contribution in [0.3, 0.4) is 0 Å². The molecule has 5 rings (SSSR count). The maximum absolute atomic E-state index is 13.2. The molecule has 1 saturated heterocycles. The van der Waals surface area contributed by atoms with Crippen molar-refractivity contribution in [2.45, 2.75) is 64.8 Å². The molecule has 10 heteroatoms. The van der Waals surface area contributed by atoms with Gasteiger partial charge in [-0.1, -0.05) is 13.8 Å². The quantitative estimate of drug-likeness (QED) is 0.447. The van der Waals surface area contributed by atoms with Gasteiger partial charge in [0.2, 0.25) is 17.7 Å². The summed E-state index contributed by atoms with van der Waals surface area (Å²) < 4.78 is 5.38. The van der Waals surface area contributed by atoms with Crippen molar-refractivity contribution in [1.29, 1.82) is 0 Å². The molecule has 4 heterocycles. The van der Waals surface area contributed by atoms with Crippen LogP contribution in [0.2, 0.25) is 0 Å². The van der Waals surface area contributed by atoms with Crippen LogP contribution >= 0.6 is 0 Å². The third-order valence-electron chi connectivity index (χ3n) is 6.50. The lowest BCUT2D eigenvalue weighted by Gasteiger charge is -2.25. The summed E-state index contributed by atoms with van der Waals surface area (Å²) in [6, 6.07) is 5.24. The van der Waals surface area contributed by atoms with E-state index in [1.54, 1.807) is 18.3 Å². The number of pyridine rings is 1. The molecule has 2 aliphatic rings. The van der Waals surface area contributed by atoms with Crippen molar-refractivity contribution in [2.24, 2.45) is 0 Å². The SMILES string of the molecule is CCOc1ccc(NC(=O)[C@@H]2CCCN2c2nc3c(c(Nc4cc(C(C)C)[nH]n4)n2)CCC3)cn1. The minimum Gasteiger partial charge on any atom is -0.478 e. The van der Waals surface area contributed by atoms with Gasteiger partial charge in [0.05, 0.1) is 24.2 Å². The predicted molar refractivity (Wildman–Crippen MR) is 134 cm³/mol. The first-order chi connectivity index (χ1) is 17.0. The summed E-state index contributed by atoms with van der Waals surface area (Å²) in [6.07, 6.45) is 6.17. The molecule has 3 aromatic heterocycles. The van der Waals surface area contributed by atoms with E-state index in [1.165, 1.54) is 0 Å². The highest BCUT2D eigenvalue weighted by Crippen LogP contribution is 2.33. The van der Waals surface area contributed by atoms with Gasteiger partial charge in [-0.2, -0.15) is 10.1 Å². The Morgan fingerprint density at radius 2 is 2.14 bits per heavy atom. The lowest BCUT2D eigenvalue weighted by molar-refractivity contribution is -0.117. The highest BCUT2D eigenvalue weighted by atomic mass is 16.5. The highest BCUT2D eigenvalue weighted by Gasteiger charge is 2.34. The van der Waals surface area contributed by atoms with E-state index in [0.29, 0.717) is 30.0 Å². The van der Waals surface area contributed by atoms with Crippen molar-refractivity contribution in [3.8, 4) is 5.88 Å². The molecule has 0 saturated carbocycles. The molecule has 1 atom stereocenters. The molecule has 0 radical (unpaired) electrons. The lowest BCUT2D eigenvalue weighted by Crippen LogP contribution is -2.40. The third-order valence-corrected chi connectivity index (χ3v) is 6.50. The number of fused-ring (bicyclic) bond motifs is 1. The number of ether oxygens (including phenoxy) is 1. The molecule has 0 spiro atoms. The molecule has 0 aromatic carbocycles. The molecule has 3 aromatic rings. The van der Waals surface area contributed by atoms with E-state index in [9.17, 15) is 4.79 Å². The molecule has 1 amide bonds. The number of carbonyl (C=O) groups is 1. The van der Waals surface area contributed by atoms with Gasteiger partial charge in [0.25, 0.3) is 0 Å². The fourth-order valence-corrected chi connectivity index (χ4v) is 4.66. The van der Waals surface area contributed by atoms with E-state index in [1.807, 2.05) is 17.9 Å². The predicted octanol–water partition coefficient (Wildman–Crippen LogP) is 3.96. The van der Waals surface area contributed by atoms with Crippen LogP contribution in [0, 0.1) is 0 Å². The van der Waals surface area contributed by atoms with Gasteiger partial charge < -0.3 is 20.3 Å². The number of hydrogen-bond donors (Lipinski definition) is 3. The number of carbonyl (C=O) groups excluding carboxylic acids is 1. The average molecular weight is 477 g/mol. The van der Waals surface area contributed by atoms with Crippen molar-refractivity contribution in [2.75, 3.05) is 28.7 Å². The average Bonchev–Trinajstić information content (AvgIpc) is 3.61. The number of aryl methyl sites for hydroxylation is 1. The second-order valence-corrected chi connectivity index (χ2v) is 9.30. The van der Waals surface area contributed by atoms with Crippen molar-refractivity contribution in [3.05, 3.63) is 41.3 Å². The number of H-pyrrole nitrogens is 1. The molecule has 3 N–H and O–H groups in total. The molecule has 0 bridgehead atoms. The number of nitrogens with one attached hydrogen (secondary N) is 3. The first kappa shape index (κ1) is 23.1. The zero-order chi connectivity index (χ0) is 24.4. The molecular formula is C25H32N8O2. The first-order valence-corrected chi connectivity index (χ1v) is 12.4. The van der Waals surface area contributed by atoms with Gasteiger partial charge >= 0.3 is 0 Å². The van der Waals surface area contributed by atoms with E-state index >= 15 is 0 Å². The number of aromatic amines is 1. The third kappa shape index (κ3) is 4.91. The Kier molecular flexibility index (Phi) is 6.52. The molecule has 1 aliphatic heterocycles. The Hall–Kier alpha value is -3.69. The number of rotatable bonds is 8. The van der Waals surface area contributed by atoms with Crippen LogP contribution in [0.5, 0.6) is 5.88 Å². The summed E-state index contributed by atoms with van der Waals surface area (Å²) in [6.45, 7) is 7.44. The fourth-order valence-electron chi connectivity index (χ4n) is 4.66. The van der Waals surface area contributed by atoms with Gasteiger partial charge in [-0.3, -0.25) is 9.89 Å². The maximum atomic E-state index is 13.2. The van der Waals surface area contributed by atoms with Gasteiger partial charge in [0.15, 0.2) is 5.82 Å². The van der Waals surface area contributed by atoms with E-state index in [0.717, 1.165) is 67.2 Å². The van der Waals surface area contributed by atoms with Crippen molar-refractivity contribution in [3.63, 3.8) is 0 Å². The summed E-state index contributed by atoms with van der Waals surface area (Å²) in [5.41, 5.74) is 3.91. The van der Waals surface area contributed by atoms with Gasteiger partial charge in [0, 0.05) is 29.9 Å². The number of hydrogen-bond acceptors (Lipinski definition) is 8. The Bertz CT molecular complexity index is 1190. The number of nitrogens with zero attached hydrogens (tertiary/aromatic N) is 5. The Labute approximate surface area is 204 Å². The van der Waals surface area contributed by atoms with Crippen LogP contribution in [-0.4, -0.2) is 50.2 Å². The Morgan fingerprint density at radius 1 is 1.26 bits per heavy atom. The smallest absolute Gasteiger partial charge is 0.247 e. The van der Waals surface area contributed by atoms with Crippen LogP contribution < -0.4 is 20.3 Å². The number of aromatic nitrogens is 5. The van der Waals surface area contributed by atoms with Crippen LogP contribution in [-0.2, 0) is 17.6 Å². The summed E-state index contributed by atoms with van der Waals surface area (Å²) in [4.78, 5) is 29.2. The second-order valence-electron chi connectivity index (χ2n) is 9.30. The van der Waals surface area contributed by atoms with Crippen LogP contribution in [0.1, 0.15) is 62.9 Å². The second kappa shape index (κ2) is 9.89. The molecule has 184 valence electrons.